The van der Waals surface area contributed by atoms with Gasteiger partial charge in [0.25, 0.3) is 0 Å². The van der Waals surface area contributed by atoms with Gasteiger partial charge in [-0.25, -0.2) is 4.79 Å². The van der Waals surface area contributed by atoms with Crippen molar-refractivity contribution < 1.29 is 14.3 Å². The minimum absolute atomic E-state index is 0.0749. The molecule has 0 unspecified atom stereocenters. The Bertz CT molecular complexity index is 458. The van der Waals surface area contributed by atoms with Crippen LogP contribution in [0.15, 0.2) is 6.20 Å². The van der Waals surface area contributed by atoms with Crippen LogP contribution in [0.25, 0.3) is 0 Å². The summed E-state index contributed by atoms with van der Waals surface area (Å²) in [4.78, 5) is 23.3. The second-order valence-corrected chi connectivity index (χ2v) is 4.93. The summed E-state index contributed by atoms with van der Waals surface area (Å²) in [6.07, 6.45) is 1.20. The Morgan fingerprint density at radius 3 is 2.56 bits per heavy atom. The van der Waals surface area contributed by atoms with Crippen LogP contribution in [0.3, 0.4) is 0 Å². The molecule has 0 aromatic carbocycles. The number of aryl methyl sites for hydroxylation is 1. The van der Waals surface area contributed by atoms with Crippen LogP contribution in [0.1, 0.15) is 44.5 Å². The van der Waals surface area contributed by atoms with Crippen molar-refractivity contribution in [2.45, 2.75) is 39.7 Å². The zero-order valence-corrected chi connectivity index (χ0v) is 11.4. The number of nitrogens with one attached hydrogen (secondary N) is 1. The van der Waals surface area contributed by atoms with Gasteiger partial charge in [0.15, 0.2) is 5.78 Å². The third-order valence-electron chi connectivity index (χ3n) is 2.18. The minimum atomic E-state index is -0.601. The third kappa shape index (κ3) is 3.58. The van der Waals surface area contributed by atoms with Gasteiger partial charge in [0.05, 0.1) is 11.8 Å². The maximum Gasteiger partial charge on any atom is 0.413 e. The highest BCUT2D eigenvalue weighted by Gasteiger charge is 2.20. The molecule has 6 nitrogen and oxygen atoms in total. The molecule has 0 aliphatic carbocycles. The minimum Gasteiger partial charge on any atom is -0.444 e. The third-order valence-corrected chi connectivity index (χ3v) is 2.18. The van der Waals surface area contributed by atoms with Gasteiger partial charge >= 0.3 is 6.09 Å². The number of carbonyl (C=O) groups is 2. The van der Waals surface area contributed by atoms with Gasteiger partial charge in [-0.15, -0.1) is 0 Å². The van der Waals surface area contributed by atoms with Crippen LogP contribution in [0.4, 0.5) is 10.6 Å². The van der Waals surface area contributed by atoms with Crippen molar-refractivity contribution in [3.05, 3.63) is 11.8 Å². The topological polar surface area (TPSA) is 73.2 Å². The molecule has 0 bridgehead atoms. The van der Waals surface area contributed by atoms with E-state index in [1.807, 2.05) is 0 Å². The molecular weight excluding hydrogens is 234 g/mol. The molecule has 0 spiro atoms. The quantitative estimate of drug-likeness (QED) is 0.839. The van der Waals surface area contributed by atoms with E-state index in [0.29, 0.717) is 17.8 Å². The number of nitrogens with zero attached hydrogens (tertiary/aromatic N) is 2. The zero-order chi connectivity index (χ0) is 13.9. The van der Waals surface area contributed by atoms with E-state index in [-0.39, 0.29) is 5.78 Å². The summed E-state index contributed by atoms with van der Waals surface area (Å²) >= 11 is 0. The van der Waals surface area contributed by atoms with Crippen molar-refractivity contribution in [2.24, 2.45) is 7.05 Å². The van der Waals surface area contributed by atoms with Crippen LogP contribution in [0.5, 0.6) is 0 Å². The van der Waals surface area contributed by atoms with E-state index in [1.54, 1.807) is 34.7 Å². The number of ether oxygens (including phenoxy) is 1. The number of anilines is 1. The Hall–Kier alpha value is -1.85. The van der Waals surface area contributed by atoms with Crippen molar-refractivity contribution in [1.82, 2.24) is 9.78 Å². The fraction of sp³-hybridized carbons (Fsp3) is 0.583. The lowest BCUT2D eigenvalue weighted by atomic mass is 10.2. The summed E-state index contributed by atoms with van der Waals surface area (Å²) in [6, 6.07) is 0. The highest BCUT2D eigenvalue weighted by Crippen LogP contribution is 2.17. The Morgan fingerprint density at radius 2 is 2.06 bits per heavy atom. The number of hydrogen-bond donors (Lipinski definition) is 1. The van der Waals surface area contributed by atoms with E-state index in [0.717, 1.165) is 0 Å². The smallest absolute Gasteiger partial charge is 0.413 e. The first-order valence-corrected chi connectivity index (χ1v) is 5.79. The highest BCUT2D eigenvalue weighted by molar-refractivity contribution is 6.02. The van der Waals surface area contributed by atoms with E-state index in [1.165, 1.54) is 10.9 Å². The molecule has 1 N–H and O–H groups in total. The standard InChI is InChI=1S/C12H19N3O3/c1-6-9(16)8-7-13-15(5)10(8)14-11(17)18-12(2,3)4/h7H,6H2,1-5H3,(H,14,17). The van der Waals surface area contributed by atoms with Gasteiger partial charge in [-0.1, -0.05) is 6.92 Å². The predicted molar refractivity (Wildman–Crippen MR) is 67.7 cm³/mol. The molecule has 1 amide bonds. The summed E-state index contributed by atoms with van der Waals surface area (Å²) in [5.41, 5.74) is -0.191. The van der Waals surface area contributed by atoms with Crippen molar-refractivity contribution in [3.8, 4) is 0 Å². The van der Waals surface area contributed by atoms with Crippen molar-refractivity contribution in [3.63, 3.8) is 0 Å². The maximum atomic E-state index is 11.7. The molecular formula is C12H19N3O3. The molecule has 1 rings (SSSR count). The van der Waals surface area contributed by atoms with Gasteiger partial charge in [0.2, 0.25) is 0 Å². The molecule has 0 atom stereocenters. The van der Waals surface area contributed by atoms with Crippen LogP contribution in [0, 0.1) is 0 Å². The van der Waals surface area contributed by atoms with Gasteiger partial charge < -0.3 is 4.74 Å². The Morgan fingerprint density at radius 1 is 1.44 bits per heavy atom. The van der Waals surface area contributed by atoms with Gasteiger partial charge in [-0.3, -0.25) is 14.8 Å². The molecule has 1 aromatic heterocycles. The Balaban J connectivity index is 2.87. The van der Waals surface area contributed by atoms with E-state index in [2.05, 4.69) is 10.4 Å². The Labute approximate surface area is 106 Å². The second kappa shape index (κ2) is 5.20. The number of rotatable bonds is 3. The summed E-state index contributed by atoms with van der Waals surface area (Å²) in [7, 11) is 1.65. The molecule has 1 aromatic rings. The van der Waals surface area contributed by atoms with Crippen LogP contribution in [-0.2, 0) is 11.8 Å². The first-order valence-electron chi connectivity index (χ1n) is 5.79. The first-order chi connectivity index (χ1) is 8.24. The van der Waals surface area contributed by atoms with E-state index < -0.39 is 11.7 Å². The average Bonchev–Trinajstić information content (AvgIpc) is 2.57. The molecule has 0 fully saturated rings. The van der Waals surface area contributed by atoms with Crippen LogP contribution in [0.2, 0.25) is 0 Å². The molecule has 6 heteroatoms. The van der Waals surface area contributed by atoms with Crippen molar-refractivity contribution >= 4 is 17.7 Å². The number of carbonyl (C=O) groups excluding carboxylic acids is 2. The average molecular weight is 253 g/mol. The molecule has 0 aliphatic heterocycles. The fourth-order valence-electron chi connectivity index (χ4n) is 1.38. The van der Waals surface area contributed by atoms with Gasteiger partial charge in [0, 0.05) is 13.5 Å². The molecule has 0 radical (unpaired) electrons. The number of hydrogen-bond acceptors (Lipinski definition) is 4. The normalized spacial score (nSPS) is 11.2. The molecule has 0 saturated carbocycles. The van der Waals surface area contributed by atoms with Crippen LogP contribution < -0.4 is 5.32 Å². The lowest BCUT2D eigenvalue weighted by Gasteiger charge is -2.19. The summed E-state index contributed by atoms with van der Waals surface area (Å²) < 4.78 is 6.57. The number of aromatic nitrogens is 2. The second-order valence-electron chi connectivity index (χ2n) is 4.93. The van der Waals surface area contributed by atoms with Crippen molar-refractivity contribution in [2.75, 3.05) is 5.32 Å². The van der Waals surface area contributed by atoms with Gasteiger partial charge in [-0.05, 0) is 20.8 Å². The molecule has 0 aliphatic rings. The maximum absolute atomic E-state index is 11.7. The van der Waals surface area contributed by atoms with Crippen LogP contribution in [-0.4, -0.2) is 27.3 Å². The lowest BCUT2D eigenvalue weighted by Crippen LogP contribution is -2.28. The number of Topliss-reactive ketones (excluding diaryl/α,β-unsaturated/α-hetero) is 1. The number of amides is 1. The zero-order valence-electron chi connectivity index (χ0n) is 11.4. The Kier molecular flexibility index (Phi) is 4.11. The van der Waals surface area contributed by atoms with Crippen molar-refractivity contribution in [1.29, 1.82) is 0 Å². The summed E-state index contributed by atoms with van der Waals surface area (Å²) in [6.45, 7) is 7.07. The first kappa shape index (κ1) is 14.2. The monoisotopic (exact) mass is 253 g/mol. The van der Waals surface area contributed by atoms with E-state index in [4.69, 9.17) is 4.74 Å². The summed E-state index contributed by atoms with van der Waals surface area (Å²) in [5.74, 6) is 0.283. The van der Waals surface area contributed by atoms with Gasteiger partial charge in [-0.2, -0.15) is 5.10 Å². The predicted octanol–water partition coefficient (Wildman–Crippen LogP) is 2.36. The van der Waals surface area contributed by atoms with E-state index in [9.17, 15) is 9.59 Å². The molecule has 0 saturated heterocycles. The molecule has 1 heterocycles. The number of ketones is 1. The van der Waals surface area contributed by atoms with Gasteiger partial charge in [0.1, 0.15) is 11.4 Å². The fourth-order valence-corrected chi connectivity index (χ4v) is 1.38. The largest absolute Gasteiger partial charge is 0.444 e. The summed E-state index contributed by atoms with van der Waals surface area (Å²) in [5, 5.41) is 6.51. The highest BCUT2D eigenvalue weighted by atomic mass is 16.6. The lowest BCUT2D eigenvalue weighted by molar-refractivity contribution is 0.0634. The molecule has 100 valence electrons. The van der Waals surface area contributed by atoms with E-state index >= 15 is 0 Å². The molecule has 18 heavy (non-hydrogen) atoms. The SMILES string of the molecule is CCC(=O)c1cnn(C)c1NC(=O)OC(C)(C)C. The van der Waals surface area contributed by atoms with Crippen LogP contribution >= 0.6 is 0 Å².